The Hall–Kier alpha value is -2.46. The van der Waals surface area contributed by atoms with Gasteiger partial charge in [-0.1, -0.05) is 18.2 Å². The number of piperidine rings is 1. The summed E-state index contributed by atoms with van der Waals surface area (Å²) in [6.07, 6.45) is 0.0223. The first-order valence-corrected chi connectivity index (χ1v) is 9.87. The first-order valence-electron chi connectivity index (χ1n) is 8.32. The molecule has 2 atom stereocenters. The number of para-hydroxylation sites is 1. The summed E-state index contributed by atoms with van der Waals surface area (Å²) in [7, 11) is -4.03. The number of ether oxygens (including phenoxy) is 1. The fraction of sp³-hybridized carbons (Fsp3) is 0.278. The third kappa shape index (κ3) is 3.81. The molecule has 3 rings (SSSR count). The Labute approximate surface area is 156 Å². The van der Waals surface area contributed by atoms with Gasteiger partial charge in [-0.05, 0) is 49.4 Å². The number of rotatable bonds is 5. The summed E-state index contributed by atoms with van der Waals surface area (Å²) in [6.45, 7) is 0.0403. The largest absolute Gasteiger partial charge is 0.457 e. The predicted molar refractivity (Wildman–Crippen MR) is 96.3 cm³/mol. The molecule has 1 saturated heterocycles. The molecule has 2 aromatic rings. The Balaban J connectivity index is 1.86. The second kappa shape index (κ2) is 7.65. The van der Waals surface area contributed by atoms with E-state index in [1.54, 1.807) is 12.1 Å². The molecule has 1 aliphatic rings. The van der Waals surface area contributed by atoms with E-state index in [1.165, 1.54) is 29.7 Å². The molecule has 2 unspecified atom stereocenters. The van der Waals surface area contributed by atoms with Gasteiger partial charge in [-0.15, -0.1) is 0 Å². The molecule has 0 spiro atoms. The second-order valence-electron chi connectivity index (χ2n) is 6.25. The van der Waals surface area contributed by atoms with E-state index >= 15 is 0 Å². The molecule has 8 nitrogen and oxygen atoms in total. The molecule has 4 N–H and O–H groups in total. The number of carbonyl (C=O) groups excluding carboxylic acids is 1. The SMILES string of the molecule is O=C(NO)C1(O)CNCCC1S(=O)(=O)c1ccc(Oc2ccccc2)cc1. The summed E-state index contributed by atoms with van der Waals surface area (Å²) in [5.41, 5.74) is -0.921. The zero-order chi connectivity index (χ0) is 19.5. The lowest BCUT2D eigenvalue weighted by Gasteiger charge is -2.37. The number of hydroxylamine groups is 1. The lowest BCUT2D eigenvalue weighted by molar-refractivity contribution is -0.149. The highest BCUT2D eigenvalue weighted by Gasteiger charge is 2.52. The van der Waals surface area contributed by atoms with E-state index in [1.807, 2.05) is 18.2 Å². The van der Waals surface area contributed by atoms with Gasteiger partial charge in [-0.25, -0.2) is 13.9 Å². The van der Waals surface area contributed by atoms with Gasteiger partial charge < -0.3 is 15.2 Å². The van der Waals surface area contributed by atoms with Crippen LogP contribution in [0.25, 0.3) is 0 Å². The molecule has 1 fully saturated rings. The van der Waals surface area contributed by atoms with Gasteiger partial charge >= 0.3 is 0 Å². The number of benzene rings is 2. The van der Waals surface area contributed by atoms with E-state index in [0.29, 0.717) is 18.0 Å². The van der Waals surface area contributed by atoms with Crippen molar-refractivity contribution < 1.29 is 28.3 Å². The first-order chi connectivity index (χ1) is 12.9. The van der Waals surface area contributed by atoms with Gasteiger partial charge in [-0.3, -0.25) is 10.0 Å². The van der Waals surface area contributed by atoms with Crippen LogP contribution >= 0.6 is 0 Å². The zero-order valence-electron chi connectivity index (χ0n) is 14.3. The van der Waals surface area contributed by atoms with Gasteiger partial charge in [-0.2, -0.15) is 0 Å². The molecule has 0 aromatic heterocycles. The van der Waals surface area contributed by atoms with Crippen LogP contribution in [0, 0.1) is 0 Å². The first kappa shape index (κ1) is 19.3. The van der Waals surface area contributed by atoms with Crippen LogP contribution in [-0.2, 0) is 14.6 Å². The number of hydrogen-bond donors (Lipinski definition) is 4. The van der Waals surface area contributed by atoms with E-state index in [0.717, 1.165) is 0 Å². The Morgan fingerprint density at radius 1 is 1.11 bits per heavy atom. The quantitative estimate of drug-likeness (QED) is 0.439. The van der Waals surface area contributed by atoms with Crippen molar-refractivity contribution in [1.29, 1.82) is 0 Å². The van der Waals surface area contributed by atoms with Crippen molar-refractivity contribution in [3.8, 4) is 11.5 Å². The van der Waals surface area contributed by atoms with Gasteiger partial charge in [0.15, 0.2) is 15.4 Å². The maximum absolute atomic E-state index is 13.0. The number of aliphatic hydroxyl groups is 1. The highest BCUT2D eigenvalue weighted by Crippen LogP contribution is 2.31. The van der Waals surface area contributed by atoms with E-state index < -0.39 is 26.6 Å². The van der Waals surface area contributed by atoms with Crippen LogP contribution in [0.5, 0.6) is 11.5 Å². The van der Waals surface area contributed by atoms with Gasteiger partial charge in [0, 0.05) is 6.54 Å². The minimum absolute atomic E-state index is 0.0223. The minimum atomic E-state index is -4.03. The van der Waals surface area contributed by atoms with Gasteiger partial charge in [0.1, 0.15) is 16.7 Å². The van der Waals surface area contributed by atoms with Gasteiger partial charge in [0.25, 0.3) is 5.91 Å². The molecule has 0 saturated carbocycles. The fourth-order valence-electron chi connectivity index (χ4n) is 3.09. The number of carbonyl (C=O) groups is 1. The van der Waals surface area contributed by atoms with E-state index in [4.69, 9.17) is 9.94 Å². The summed E-state index contributed by atoms with van der Waals surface area (Å²) >= 11 is 0. The predicted octanol–water partition coefficient (Wildman–Crippen LogP) is 0.851. The summed E-state index contributed by atoms with van der Waals surface area (Å²) in [4.78, 5) is 11.9. The van der Waals surface area contributed by atoms with Gasteiger partial charge in [0.05, 0.1) is 4.90 Å². The third-order valence-corrected chi connectivity index (χ3v) is 6.81. The maximum Gasteiger partial charge on any atom is 0.277 e. The summed E-state index contributed by atoms with van der Waals surface area (Å²) in [6, 6.07) is 14.8. The average molecular weight is 392 g/mol. The lowest BCUT2D eigenvalue weighted by Crippen LogP contribution is -2.65. The Kier molecular flexibility index (Phi) is 5.47. The Morgan fingerprint density at radius 3 is 2.37 bits per heavy atom. The molecule has 1 heterocycles. The number of hydrogen-bond acceptors (Lipinski definition) is 7. The molecule has 27 heavy (non-hydrogen) atoms. The lowest BCUT2D eigenvalue weighted by atomic mass is 9.93. The topological polar surface area (TPSA) is 125 Å². The number of β-amino-alcohol motifs (C(OH)–C–C–N with tert-alkyl or cyclic N) is 1. The molecule has 144 valence electrons. The molecule has 1 amide bonds. The van der Waals surface area contributed by atoms with Crippen molar-refractivity contribution >= 4 is 15.7 Å². The normalized spacial score (nSPS) is 22.8. The van der Waals surface area contributed by atoms with E-state index in [9.17, 15) is 18.3 Å². The highest BCUT2D eigenvalue weighted by atomic mass is 32.2. The molecule has 0 aliphatic carbocycles. The van der Waals surface area contributed by atoms with Gasteiger partial charge in [0.2, 0.25) is 0 Å². The molecular formula is C18H20N2O6S. The molecule has 2 aromatic carbocycles. The molecule has 0 radical (unpaired) electrons. The molecule has 1 aliphatic heterocycles. The molecule has 9 heteroatoms. The van der Waals surface area contributed by atoms with Crippen molar-refractivity contribution in [3.63, 3.8) is 0 Å². The van der Waals surface area contributed by atoms with E-state index in [-0.39, 0.29) is 17.9 Å². The minimum Gasteiger partial charge on any atom is -0.457 e. The number of amides is 1. The summed E-state index contributed by atoms with van der Waals surface area (Å²) in [5.74, 6) is -0.0958. The Morgan fingerprint density at radius 2 is 1.74 bits per heavy atom. The standard InChI is InChI=1S/C18H20N2O6S/c21-17(20-23)18(22)12-19-11-10-16(18)27(24,25)15-8-6-14(7-9-15)26-13-4-2-1-3-5-13/h1-9,16,19,22-23H,10-12H2,(H,20,21). The number of sulfone groups is 1. The van der Waals surface area contributed by atoms with Crippen LogP contribution in [0.1, 0.15) is 6.42 Å². The van der Waals surface area contributed by atoms with Crippen LogP contribution in [0.4, 0.5) is 0 Å². The van der Waals surface area contributed by atoms with Crippen molar-refractivity contribution in [2.45, 2.75) is 22.2 Å². The van der Waals surface area contributed by atoms with Crippen LogP contribution in [0.3, 0.4) is 0 Å². The molecule has 0 bridgehead atoms. The highest BCUT2D eigenvalue weighted by molar-refractivity contribution is 7.92. The smallest absolute Gasteiger partial charge is 0.277 e. The third-order valence-electron chi connectivity index (χ3n) is 4.51. The van der Waals surface area contributed by atoms with E-state index in [2.05, 4.69) is 5.32 Å². The zero-order valence-corrected chi connectivity index (χ0v) is 15.1. The van der Waals surface area contributed by atoms with Crippen LogP contribution < -0.4 is 15.5 Å². The maximum atomic E-state index is 13.0. The van der Waals surface area contributed by atoms with Crippen molar-refractivity contribution in [1.82, 2.24) is 10.8 Å². The average Bonchev–Trinajstić information content (AvgIpc) is 2.68. The van der Waals surface area contributed by atoms with Crippen molar-refractivity contribution in [2.75, 3.05) is 13.1 Å². The van der Waals surface area contributed by atoms with Crippen LogP contribution in [0.15, 0.2) is 59.5 Å². The van der Waals surface area contributed by atoms with Crippen LogP contribution in [0.2, 0.25) is 0 Å². The summed E-state index contributed by atoms with van der Waals surface area (Å²) in [5, 5.41) is 20.9. The van der Waals surface area contributed by atoms with Crippen molar-refractivity contribution in [2.24, 2.45) is 0 Å². The molecular weight excluding hydrogens is 372 g/mol. The van der Waals surface area contributed by atoms with Crippen LogP contribution in [-0.4, -0.2) is 48.6 Å². The fourth-order valence-corrected chi connectivity index (χ4v) is 5.06. The summed E-state index contributed by atoms with van der Waals surface area (Å²) < 4.78 is 31.6. The monoisotopic (exact) mass is 392 g/mol. The number of nitrogens with one attached hydrogen (secondary N) is 2. The van der Waals surface area contributed by atoms with Crippen molar-refractivity contribution in [3.05, 3.63) is 54.6 Å². The second-order valence-corrected chi connectivity index (χ2v) is 8.38. The Bertz CT molecular complexity index is 901.